The van der Waals surface area contributed by atoms with Crippen LogP contribution in [-0.4, -0.2) is 51.8 Å². The van der Waals surface area contributed by atoms with E-state index in [1.807, 2.05) is 24.3 Å². The Kier molecular flexibility index (Phi) is 3.16. The zero-order chi connectivity index (χ0) is 17.9. The smallest absolute Gasteiger partial charge is 0.315 e. The zero-order valence-corrected chi connectivity index (χ0v) is 14.2. The molecule has 0 radical (unpaired) electrons. The SMILES string of the molecule is O=C(c1n[nH]c2c1CCC2)N1C[C@H]2c3ccccc3OC[C@@]2(C(=O)O)C1. The third-order valence-corrected chi connectivity index (χ3v) is 6.04. The van der Waals surface area contributed by atoms with Crippen molar-refractivity contribution in [2.45, 2.75) is 25.2 Å². The molecule has 1 saturated heterocycles. The Morgan fingerprint density at radius 2 is 2.15 bits per heavy atom. The third kappa shape index (κ3) is 1.97. The summed E-state index contributed by atoms with van der Waals surface area (Å²) in [6.07, 6.45) is 2.78. The van der Waals surface area contributed by atoms with E-state index in [1.54, 1.807) is 4.90 Å². The molecule has 1 aromatic carbocycles. The van der Waals surface area contributed by atoms with Crippen molar-refractivity contribution < 1.29 is 19.4 Å². The van der Waals surface area contributed by atoms with Gasteiger partial charge in [-0.1, -0.05) is 18.2 Å². The summed E-state index contributed by atoms with van der Waals surface area (Å²) in [6.45, 7) is 0.585. The van der Waals surface area contributed by atoms with Gasteiger partial charge in [0.1, 0.15) is 17.8 Å². The maximum Gasteiger partial charge on any atom is 0.315 e. The molecule has 26 heavy (non-hydrogen) atoms. The van der Waals surface area contributed by atoms with Gasteiger partial charge >= 0.3 is 5.97 Å². The van der Waals surface area contributed by atoms with Gasteiger partial charge in [0, 0.05) is 35.8 Å². The Bertz CT molecular complexity index is 921. The highest BCUT2D eigenvalue weighted by Crippen LogP contribution is 2.50. The number of para-hydroxylation sites is 1. The number of carbonyl (C=O) groups excluding carboxylic acids is 1. The molecule has 7 nitrogen and oxygen atoms in total. The largest absolute Gasteiger partial charge is 0.492 e. The minimum atomic E-state index is -1.11. The van der Waals surface area contributed by atoms with Crippen molar-refractivity contribution in [1.29, 1.82) is 0 Å². The van der Waals surface area contributed by atoms with E-state index in [-0.39, 0.29) is 25.0 Å². The minimum Gasteiger partial charge on any atom is -0.492 e. The van der Waals surface area contributed by atoms with Gasteiger partial charge in [0.05, 0.1) is 0 Å². The molecule has 0 spiro atoms. The molecule has 0 saturated carbocycles. The Morgan fingerprint density at radius 3 is 3.00 bits per heavy atom. The number of rotatable bonds is 2. The fraction of sp³-hybridized carbons (Fsp3) is 0.421. The van der Waals surface area contributed by atoms with Gasteiger partial charge in [-0.3, -0.25) is 14.7 Å². The van der Waals surface area contributed by atoms with Gasteiger partial charge < -0.3 is 14.7 Å². The minimum absolute atomic E-state index is 0.0759. The number of H-pyrrole nitrogens is 1. The summed E-state index contributed by atoms with van der Waals surface area (Å²) < 4.78 is 5.75. The van der Waals surface area contributed by atoms with Gasteiger partial charge in [-0.2, -0.15) is 5.10 Å². The summed E-state index contributed by atoms with van der Waals surface area (Å²) in [5.74, 6) is -0.665. The van der Waals surface area contributed by atoms with Crippen molar-refractivity contribution in [3.63, 3.8) is 0 Å². The van der Waals surface area contributed by atoms with Gasteiger partial charge in [0.25, 0.3) is 5.91 Å². The summed E-state index contributed by atoms with van der Waals surface area (Å²) in [6, 6.07) is 7.51. The van der Waals surface area contributed by atoms with Crippen molar-refractivity contribution >= 4 is 11.9 Å². The second-order valence-electron chi connectivity index (χ2n) is 7.41. The van der Waals surface area contributed by atoms with Crippen LogP contribution in [0.15, 0.2) is 24.3 Å². The van der Waals surface area contributed by atoms with Crippen molar-refractivity contribution in [2.75, 3.05) is 19.7 Å². The summed E-state index contributed by atoms with van der Waals surface area (Å²) in [5, 5.41) is 17.1. The molecule has 2 aliphatic heterocycles. The normalized spacial score (nSPS) is 26.0. The van der Waals surface area contributed by atoms with Crippen molar-refractivity contribution in [2.24, 2.45) is 5.41 Å². The Balaban J connectivity index is 1.52. The van der Waals surface area contributed by atoms with Crippen molar-refractivity contribution in [1.82, 2.24) is 15.1 Å². The van der Waals surface area contributed by atoms with Crippen LogP contribution < -0.4 is 4.74 Å². The first-order valence-corrected chi connectivity index (χ1v) is 8.91. The molecule has 2 atom stereocenters. The van der Waals surface area contributed by atoms with E-state index in [9.17, 15) is 14.7 Å². The molecule has 1 fully saturated rings. The number of hydrogen-bond acceptors (Lipinski definition) is 4. The first-order valence-electron chi connectivity index (χ1n) is 8.91. The lowest BCUT2D eigenvalue weighted by molar-refractivity contribution is -0.151. The van der Waals surface area contributed by atoms with E-state index in [0.717, 1.165) is 36.1 Å². The molecule has 3 aliphatic rings. The van der Waals surface area contributed by atoms with E-state index in [1.165, 1.54) is 0 Å². The standard InChI is InChI=1S/C19H19N3O4/c23-17(16-12-5-3-6-14(12)20-21-16)22-8-13-11-4-1-2-7-15(11)26-10-19(13,9-22)18(24)25/h1-2,4,7,13H,3,5-6,8-10H2,(H,20,21)(H,24,25)/t13-,19-/m0/s1. The van der Waals surface area contributed by atoms with Crippen molar-refractivity contribution in [3.05, 3.63) is 46.8 Å². The number of nitrogens with one attached hydrogen (secondary N) is 1. The lowest BCUT2D eigenvalue weighted by Crippen LogP contribution is -2.46. The molecule has 134 valence electrons. The highest BCUT2D eigenvalue weighted by Gasteiger charge is 2.57. The highest BCUT2D eigenvalue weighted by atomic mass is 16.5. The number of carboxylic acid groups (broad SMARTS) is 1. The Hall–Kier alpha value is -2.83. The number of aromatic nitrogens is 2. The lowest BCUT2D eigenvalue weighted by atomic mass is 9.73. The summed E-state index contributed by atoms with van der Waals surface area (Å²) in [4.78, 5) is 26.9. The molecule has 0 bridgehead atoms. The number of likely N-dealkylation sites (tertiary alicyclic amines) is 1. The number of hydrogen-bond donors (Lipinski definition) is 2. The van der Waals surface area contributed by atoms with Crippen LogP contribution >= 0.6 is 0 Å². The number of aromatic amines is 1. The van der Waals surface area contributed by atoms with E-state index in [2.05, 4.69) is 10.2 Å². The zero-order valence-electron chi connectivity index (χ0n) is 14.2. The molecule has 5 rings (SSSR count). The quantitative estimate of drug-likeness (QED) is 0.855. The second-order valence-corrected chi connectivity index (χ2v) is 7.41. The van der Waals surface area contributed by atoms with Gasteiger partial charge in [-0.15, -0.1) is 0 Å². The molecule has 1 amide bonds. The topological polar surface area (TPSA) is 95.5 Å². The number of nitrogens with zero attached hydrogens (tertiary/aromatic N) is 2. The summed E-state index contributed by atoms with van der Waals surface area (Å²) in [5.41, 5.74) is 2.23. The first kappa shape index (κ1) is 15.4. The number of benzene rings is 1. The number of aryl methyl sites for hydroxylation is 1. The van der Waals surface area contributed by atoms with Crippen LogP contribution in [0.25, 0.3) is 0 Å². The predicted octanol–water partition coefficient (Wildman–Crippen LogP) is 1.60. The van der Waals surface area contributed by atoms with Gasteiger partial charge in [-0.25, -0.2) is 0 Å². The molecular weight excluding hydrogens is 334 g/mol. The maximum absolute atomic E-state index is 13.1. The van der Waals surface area contributed by atoms with Crippen LogP contribution in [0.2, 0.25) is 0 Å². The average Bonchev–Trinajstić information content (AvgIpc) is 3.35. The first-order chi connectivity index (χ1) is 12.6. The fourth-order valence-electron chi connectivity index (χ4n) is 4.64. The molecule has 3 heterocycles. The molecule has 1 aromatic heterocycles. The van der Waals surface area contributed by atoms with E-state index < -0.39 is 11.4 Å². The monoisotopic (exact) mass is 353 g/mol. The van der Waals surface area contributed by atoms with E-state index in [4.69, 9.17) is 4.74 Å². The predicted molar refractivity (Wildman–Crippen MR) is 91.3 cm³/mol. The Morgan fingerprint density at radius 1 is 1.31 bits per heavy atom. The maximum atomic E-state index is 13.1. The van der Waals surface area contributed by atoms with Crippen LogP contribution in [0.1, 0.15) is 39.6 Å². The fourth-order valence-corrected chi connectivity index (χ4v) is 4.64. The van der Waals surface area contributed by atoms with Crippen LogP contribution in [0.4, 0.5) is 0 Å². The van der Waals surface area contributed by atoms with Crippen LogP contribution in [0.3, 0.4) is 0 Å². The number of fused-ring (bicyclic) bond motifs is 4. The van der Waals surface area contributed by atoms with E-state index in [0.29, 0.717) is 18.0 Å². The molecule has 0 unspecified atom stereocenters. The summed E-state index contributed by atoms with van der Waals surface area (Å²) in [7, 11) is 0. The van der Waals surface area contributed by atoms with Crippen LogP contribution in [0, 0.1) is 5.41 Å². The van der Waals surface area contributed by atoms with Crippen LogP contribution in [0.5, 0.6) is 5.75 Å². The molecular formula is C19H19N3O4. The Labute approximate surface area is 150 Å². The molecule has 2 aromatic rings. The third-order valence-electron chi connectivity index (χ3n) is 6.04. The van der Waals surface area contributed by atoms with Crippen molar-refractivity contribution in [3.8, 4) is 5.75 Å². The lowest BCUT2D eigenvalue weighted by Gasteiger charge is -2.35. The van der Waals surface area contributed by atoms with Gasteiger partial charge in [0.15, 0.2) is 5.69 Å². The second kappa shape index (κ2) is 5.33. The molecule has 1 aliphatic carbocycles. The average molecular weight is 353 g/mol. The number of amides is 1. The number of carboxylic acids is 1. The van der Waals surface area contributed by atoms with Gasteiger partial charge in [0.2, 0.25) is 0 Å². The van der Waals surface area contributed by atoms with E-state index >= 15 is 0 Å². The number of aliphatic carboxylic acids is 1. The molecule has 7 heteroatoms. The highest BCUT2D eigenvalue weighted by molar-refractivity contribution is 5.95. The number of carbonyl (C=O) groups is 2. The van der Waals surface area contributed by atoms with Gasteiger partial charge in [-0.05, 0) is 25.3 Å². The summed E-state index contributed by atoms with van der Waals surface area (Å²) >= 11 is 0. The number of ether oxygens (including phenoxy) is 1. The molecule has 2 N–H and O–H groups in total. The van der Waals surface area contributed by atoms with Crippen LogP contribution in [-0.2, 0) is 17.6 Å².